The molecule has 0 unspecified atom stereocenters. The molecule has 23 nitrogen and oxygen atoms in total. The number of hydrogen-bond donors (Lipinski definition) is 6. The van der Waals surface area contributed by atoms with Crippen LogP contribution in [-0.2, 0) is 47.8 Å². The first-order valence-electron chi connectivity index (χ1n) is 38.7. The van der Waals surface area contributed by atoms with Gasteiger partial charge in [0.05, 0.1) is 138 Å². The van der Waals surface area contributed by atoms with Crippen molar-refractivity contribution in [3.8, 4) is 46.6 Å². The number of hydrogen-bond acceptors (Lipinski definition) is 23. The summed E-state index contributed by atoms with van der Waals surface area (Å²) in [4.78, 5) is 19.9. The number of halogens is 1. The number of pyridine rings is 3. The summed E-state index contributed by atoms with van der Waals surface area (Å²) in [5, 5.41) is 91.7. The lowest BCUT2D eigenvalue weighted by Crippen LogP contribution is -2.53. The number of aliphatic hydroxyl groups excluding tert-OH is 3. The molecule has 3 aliphatic carbocycles. The fourth-order valence-corrected chi connectivity index (χ4v) is 21.3. The molecule has 24 heteroatoms. The summed E-state index contributed by atoms with van der Waals surface area (Å²) >= 11 is 3.56. The molecule has 113 heavy (non-hydrogen) atoms. The molecule has 9 aromatic rings. The van der Waals surface area contributed by atoms with Gasteiger partial charge in [-0.2, -0.15) is 10.5 Å². The van der Waals surface area contributed by atoms with Crippen LogP contribution in [-0.4, -0.2) is 200 Å². The maximum absolute atomic E-state index is 13.3. The molecule has 15 atom stereocenters. The second-order valence-corrected chi connectivity index (χ2v) is 31.5. The number of nitriles is 2. The van der Waals surface area contributed by atoms with Gasteiger partial charge in [-0.15, -0.1) is 0 Å². The Labute approximate surface area is 665 Å². The van der Waals surface area contributed by atoms with E-state index in [1.807, 2.05) is 127 Å². The van der Waals surface area contributed by atoms with Crippen molar-refractivity contribution in [3.05, 3.63) is 267 Å². The zero-order valence-electron chi connectivity index (χ0n) is 63.3. The highest BCUT2D eigenvalue weighted by atomic mass is 79.9. The number of morpholine rings is 3. The lowest BCUT2D eigenvalue weighted by Gasteiger charge is -2.42. The number of rotatable bonds is 18. The van der Waals surface area contributed by atoms with Crippen LogP contribution in [0.5, 0.6) is 34.5 Å². The zero-order valence-corrected chi connectivity index (χ0v) is 64.9. The van der Waals surface area contributed by atoms with Crippen molar-refractivity contribution < 1.29 is 73.3 Å². The Balaban J connectivity index is 0.000000128. The van der Waals surface area contributed by atoms with E-state index >= 15 is 0 Å². The third-order valence-electron chi connectivity index (χ3n) is 25.6. The average molecular weight is 1590 g/mol. The lowest BCUT2D eigenvalue weighted by atomic mass is 9.69. The Bertz CT molecular complexity index is 4690. The molecule has 3 saturated carbocycles. The number of benzene rings is 6. The Morgan fingerprint density at radius 1 is 0.398 bits per heavy atom. The smallest absolute Gasteiger partial charge is 0.174 e. The van der Waals surface area contributed by atoms with Crippen LogP contribution >= 0.6 is 15.9 Å². The summed E-state index contributed by atoms with van der Waals surface area (Å²) in [6.07, 6.45) is 9.75. The minimum atomic E-state index is -1.57. The van der Waals surface area contributed by atoms with Gasteiger partial charge < -0.3 is 73.3 Å². The van der Waals surface area contributed by atoms with Gasteiger partial charge in [0.1, 0.15) is 51.3 Å². The van der Waals surface area contributed by atoms with Gasteiger partial charge in [-0.05, 0) is 69.8 Å². The van der Waals surface area contributed by atoms with Gasteiger partial charge in [0.15, 0.2) is 16.8 Å². The molecule has 3 aromatic heterocycles. The van der Waals surface area contributed by atoms with Crippen molar-refractivity contribution in [2.75, 3.05) is 140 Å². The Morgan fingerprint density at radius 2 is 0.664 bits per heavy atom. The van der Waals surface area contributed by atoms with Crippen LogP contribution in [0.2, 0.25) is 0 Å². The van der Waals surface area contributed by atoms with Crippen molar-refractivity contribution in [2.24, 2.45) is 35.5 Å². The lowest BCUT2D eigenvalue weighted by molar-refractivity contribution is -0.135. The number of nitrogens with zero attached hydrogens (tertiary/aromatic N) is 8. The topological polar surface area (TPSA) is 300 Å². The van der Waals surface area contributed by atoms with Crippen molar-refractivity contribution >= 4 is 15.9 Å². The largest absolute Gasteiger partial charge is 0.495 e. The second-order valence-electron chi connectivity index (χ2n) is 30.6. The number of aromatic nitrogens is 3. The molecule has 0 amide bonds. The van der Waals surface area contributed by atoms with E-state index in [-0.39, 0.29) is 49.4 Å². The van der Waals surface area contributed by atoms with Gasteiger partial charge in [0, 0.05) is 136 Å². The maximum atomic E-state index is 13.3. The first kappa shape index (κ1) is 77.5. The van der Waals surface area contributed by atoms with E-state index in [1.165, 1.54) is 0 Å². The molecule has 0 spiro atoms. The Morgan fingerprint density at radius 3 is 0.912 bits per heavy atom. The minimum absolute atomic E-state index is 0.0960. The highest BCUT2D eigenvalue weighted by molar-refractivity contribution is 9.10. The Kier molecular flexibility index (Phi) is 22.0. The van der Waals surface area contributed by atoms with Crippen LogP contribution in [0.15, 0.2) is 205 Å². The molecule has 586 valence electrons. The molecule has 6 N–H and O–H groups in total. The van der Waals surface area contributed by atoms with E-state index in [0.717, 1.165) is 77.1 Å². The monoisotopic (exact) mass is 1590 g/mol. The summed E-state index contributed by atoms with van der Waals surface area (Å²) in [5.41, 5.74) is -0.505. The molecule has 9 aliphatic rings. The molecule has 3 saturated heterocycles. The molecule has 6 aromatic carbocycles. The van der Waals surface area contributed by atoms with Gasteiger partial charge in [0.2, 0.25) is 0 Å². The quantitative estimate of drug-likeness (QED) is 0.0466. The van der Waals surface area contributed by atoms with Crippen LogP contribution in [0, 0.1) is 58.2 Å². The maximum Gasteiger partial charge on any atom is 0.174 e. The fraction of sp³-hybridized carbons (Fsp3) is 0.404. The van der Waals surface area contributed by atoms with Crippen molar-refractivity contribution in [1.29, 1.82) is 10.5 Å². The standard InChI is InChI=1S/2C30H31N3O5.C29H31BrN2O5/c2*1-36-25-16-32-17-26-28(25)29(35)24(18-33-11-13-37-14-12-33)23(19-34)27(21-5-3-2-4-6-21)30(29,38-26)22-9-7-20(15-31)8-10-22;1-35-24-15-31-16-25-27(24)28(34)23(17-32-11-13-36-14-12-32)22(18-33)26(19-5-3-2-4-6-19)29(28,37-25)20-7-9-21(30)10-8-20/h2*2-10,16-17,23-24,27,34-35H,11-14,18-19H2,1H3;2-10,15-16,22-23,26,33-34H,11-14,17-18H2,1H3/t2*23-,24-,27+,29+,30-;22-,23-,26+,28+,29-/m000/s1. The predicted octanol–water partition coefficient (Wildman–Crippen LogP) is 9.27. The summed E-state index contributed by atoms with van der Waals surface area (Å²) in [6, 6.07) is 56.7. The van der Waals surface area contributed by atoms with Crippen LogP contribution in [0.3, 0.4) is 0 Å². The fourth-order valence-electron chi connectivity index (χ4n) is 21.0. The first-order valence-corrected chi connectivity index (χ1v) is 39.5. The second kappa shape index (κ2) is 32.1. The van der Waals surface area contributed by atoms with E-state index in [0.29, 0.717) is 122 Å². The average Bonchev–Trinajstić information content (AvgIpc) is 1.51. The van der Waals surface area contributed by atoms with Gasteiger partial charge >= 0.3 is 0 Å². The highest BCUT2D eigenvalue weighted by Crippen LogP contribution is 2.75. The van der Waals surface area contributed by atoms with Crippen LogP contribution < -0.4 is 28.4 Å². The predicted molar refractivity (Wildman–Crippen MR) is 419 cm³/mol. The van der Waals surface area contributed by atoms with Crippen LogP contribution in [0.4, 0.5) is 0 Å². The van der Waals surface area contributed by atoms with E-state index in [4.69, 9.17) is 42.6 Å². The van der Waals surface area contributed by atoms with Gasteiger partial charge in [0.25, 0.3) is 0 Å². The zero-order chi connectivity index (χ0) is 78.3. The van der Waals surface area contributed by atoms with E-state index in [2.05, 4.69) is 69.9 Å². The van der Waals surface area contributed by atoms with E-state index < -0.39 is 57.3 Å². The Hall–Kier alpha value is -9.45. The molecule has 18 rings (SSSR count). The molecular formula is C89H93BrN8O15. The van der Waals surface area contributed by atoms with E-state index in [1.54, 1.807) is 82.8 Å². The van der Waals surface area contributed by atoms with Gasteiger partial charge in [-0.3, -0.25) is 29.7 Å². The molecule has 9 heterocycles. The van der Waals surface area contributed by atoms with Crippen LogP contribution in [0.1, 0.15) is 79.0 Å². The number of methoxy groups -OCH3 is 3. The first-order chi connectivity index (χ1) is 55.2. The molecule has 0 bridgehead atoms. The third kappa shape index (κ3) is 12.5. The third-order valence-corrected chi connectivity index (χ3v) is 26.2. The number of fused-ring (bicyclic) bond motifs is 9. The van der Waals surface area contributed by atoms with Gasteiger partial charge in [-0.1, -0.05) is 143 Å². The normalized spacial score (nSPS) is 30.5. The van der Waals surface area contributed by atoms with Crippen molar-refractivity contribution in [2.45, 2.75) is 51.4 Å². The minimum Gasteiger partial charge on any atom is -0.495 e. The molecule has 6 fully saturated rings. The molecule has 6 aliphatic heterocycles. The SMILES string of the molecule is COc1cncc2c1[C@]1(O)[C@@H](CN3CCOCC3)[C@H](CO)[C@@H](c3ccccc3)[C@]1(c1ccc(Br)cc1)O2.COc1cncc2c1[C@]1(O)[C@@H](CN3CCOCC3)[C@H](CO)[C@@H](c3ccccc3)[C@]1(c1ccc(C#N)cc1)O2.COc1cncc2c1[C@]1(O)[C@@H](CN3CCOCC3)[C@H](CO)[C@@H](c3ccccc3)[C@]1(c1ccc(C#N)cc1)O2. The summed E-state index contributed by atoms with van der Waals surface area (Å²) in [5.74, 6) is -0.515. The molecule has 0 radical (unpaired) electrons. The summed E-state index contributed by atoms with van der Waals surface area (Å²) in [7, 11) is 4.71. The highest BCUT2D eigenvalue weighted by Gasteiger charge is 2.80. The van der Waals surface area contributed by atoms with E-state index in [9.17, 15) is 41.2 Å². The number of aliphatic hydroxyl groups is 6. The summed E-state index contributed by atoms with van der Waals surface area (Å²) in [6.45, 7) is 9.60. The van der Waals surface area contributed by atoms with Crippen molar-refractivity contribution in [3.63, 3.8) is 0 Å². The summed E-state index contributed by atoms with van der Waals surface area (Å²) < 4.78 is 55.8. The molecular weight excluding hydrogens is 1500 g/mol. The number of ether oxygens (including phenoxy) is 9. The van der Waals surface area contributed by atoms with Gasteiger partial charge in [-0.25, -0.2) is 0 Å². The van der Waals surface area contributed by atoms with Crippen molar-refractivity contribution in [1.82, 2.24) is 29.7 Å². The van der Waals surface area contributed by atoms with Crippen LogP contribution in [0.25, 0.3) is 0 Å².